The van der Waals surface area contributed by atoms with Crippen LogP contribution < -0.4 is 5.32 Å². The Morgan fingerprint density at radius 2 is 2.29 bits per heavy atom. The molecule has 0 fully saturated rings. The Balaban J connectivity index is 2.00. The number of rotatable bonds is 9. The molecule has 0 atom stereocenters. The van der Waals surface area contributed by atoms with E-state index in [4.69, 9.17) is 0 Å². The van der Waals surface area contributed by atoms with Crippen LogP contribution in [0.25, 0.3) is 0 Å². The molecule has 0 saturated carbocycles. The lowest BCUT2D eigenvalue weighted by molar-refractivity contribution is 0.333. The van der Waals surface area contributed by atoms with Crippen LogP contribution >= 0.6 is 39.0 Å². The van der Waals surface area contributed by atoms with Gasteiger partial charge in [0.15, 0.2) is 0 Å². The molecular formula is C12H21BrN2S2. The van der Waals surface area contributed by atoms with Crippen LogP contribution in [0.3, 0.4) is 0 Å². The topological polar surface area (TPSA) is 15.3 Å². The molecule has 0 amide bonds. The largest absolute Gasteiger partial charge is 0.311 e. The van der Waals surface area contributed by atoms with E-state index in [-0.39, 0.29) is 0 Å². The second-order valence-corrected chi connectivity index (χ2v) is 6.95. The fraction of sp³-hybridized carbons (Fsp3) is 0.667. The summed E-state index contributed by atoms with van der Waals surface area (Å²) in [6.45, 7) is 4.37. The van der Waals surface area contributed by atoms with Crippen molar-refractivity contribution < 1.29 is 0 Å². The zero-order valence-corrected chi connectivity index (χ0v) is 13.8. The summed E-state index contributed by atoms with van der Waals surface area (Å²) in [6.07, 6.45) is 3.45. The van der Waals surface area contributed by atoms with Crippen molar-refractivity contribution in [1.29, 1.82) is 0 Å². The molecule has 1 rings (SSSR count). The molecule has 0 aliphatic heterocycles. The summed E-state index contributed by atoms with van der Waals surface area (Å²) < 4.78 is 1.19. The van der Waals surface area contributed by atoms with Gasteiger partial charge in [-0.05, 0) is 54.0 Å². The molecule has 0 spiro atoms. The maximum Gasteiger partial charge on any atom is 0.0300 e. The number of nitrogens with one attached hydrogen (secondary N) is 1. The van der Waals surface area contributed by atoms with Crippen LogP contribution in [0.5, 0.6) is 0 Å². The van der Waals surface area contributed by atoms with E-state index in [1.165, 1.54) is 28.1 Å². The molecule has 2 nitrogen and oxygen atoms in total. The summed E-state index contributed by atoms with van der Waals surface area (Å²) in [5.74, 6) is 1.26. The fourth-order valence-electron chi connectivity index (χ4n) is 1.52. The van der Waals surface area contributed by atoms with Crippen LogP contribution in [-0.2, 0) is 6.54 Å². The third-order valence-electron chi connectivity index (χ3n) is 2.48. The highest BCUT2D eigenvalue weighted by atomic mass is 79.9. The van der Waals surface area contributed by atoms with Crippen molar-refractivity contribution in [3.05, 3.63) is 20.8 Å². The molecule has 0 bridgehead atoms. The molecule has 0 radical (unpaired) electrons. The van der Waals surface area contributed by atoms with E-state index in [2.05, 4.69) is 50.9 Å². The summed E-state index contributed by atoms with van der Waals surface area (Å²) in [7, 11) is 2.20. The minimum atomic E-state index is 0.981. The van der Waals surface area contributed by atoms with Gasteiger partial charge >= 0.3 is 0 Å². The summed E-state index contributed by atoms with van der Waals surface area (Å²) in [5, 5.41) is 5.61. The van der Waals surface area contributed by atoms with Crippen LogP contribution in [0.4, 0.5) is 0 Å². The Labute approximate surface area is 121 Å². The lowest BCUT2D eigenvalue weighted by Crippen LogP contribution is -2.29. The average molecular weight is 337 g/mol. The van der Waals surface area contributed by atoms with Gasteiger partial charge in [-0.25, -0.2) is 0 Å². The lowest BCUT2D eigenvalue weighted by Gasteiger charge is -2.16. The average Bonchev–Trinajstić information content (AvgIpc) is 2.71. The van der Waals surface area contributed by atoms with Crippen molar-refractivity contribution in [2.75, 3.05) is 38.7 Å². The third kappa shape index (κ3) is 7.47. The van der Waals surface area contributed by atoms with Crippen molar-refractivity contribution in [2.24, 2.45) is 0 Å². The Bertz CT molecular complexity index is 304. The molecule has 1 aromatic heterocycles. The summed E-state index contributed by atoms with van der Waals surface area (Å²) >= 11 is 7.20. The second-order valence-electron chi connectivity index (χ2n) is 4.06. The van der Waals surface area contributed by atoms with Gasteiger partial charge in [0.25, 0.3) is 0 Å². The smallest absolute Gasteiger partial charge is 0.0300 e. The van der Waals surface area contributed by atoms with Gasteiger partial charge in [0.05, 0.1) is 0 Å². The summed E-state index contributed by atoms with van der Waals surface area (Å²) in [5.41, 5.74) is 0. The fourth-order valence-corrected chi connectivity index (χ4v) is 3.36. The number of thiophene rings is 1. The van der Waals surface area contributed by atoms with Crippen molar-refractivity contribution in [3.63, 3.8) is 0 Å². The highest BCUT2D eigenvalue weighted by molar-refractivity contribution is 9.10. The van der Waals surface area contributed by atoms with Crippen molar-refractivity contribution in [2.45, 2.75) is 13.0 Å². The van der Waals surface area contributed by atoms with Gasteiger partial charge in [-0.3, -0.25) is 0 Å². The van der Waals surface area contributed by atoms with Gasteiger partial charge in [0.1, 0.15) is 0 Å². The zero-order chi connectivity index (χ0) is 12.5. The molecular weight excluding hydrogens is 316 g/mol. The predicted molar refractivity (Wildman–Crippen MR) is 84.2 cm³/mol. The molecule has 0 aliphatic rings. The summed E-state index contributed by atoms with van der Waals surface area (Å²) in [4.78, 5) is 3.79. The molecule has 0 aliphatic carbocycles. The standard InChI is InChI=1S/C12H21BrN2S2/c1-15(5-3-7-16-2)6-4-14-9-12-8-11(13)10-17-12/h8,10,14H,3-7,9H2,1-2H3. The van der Waals surface area contributed by atoms with Crippen molar-refractivity contribution >= 4 is 39.0 Å². The Morgan fingerprint density at radius 3 is 2.94 bits per heavy atom. The van der Waals surface area contributed by atoms with Crippen LogP contribution in [0, 0.1) is 0 Å². The van der Waals surface area contributed by atoms with Crippen LogP contribution in [-0.4, -0.2) is 43.6 Å². The summed E-state index contributed by atoms with van der Waals surface area (Å²) in [6, 6.07) is 2.18. The lowest BCUT2D eigenvalue weighted by atomic mass is 10.4. The van der Waals surface area contributed by atoms with Crippen LogP contribution in [0.15, 0.2) is 15.9 Å². The van der Waals surface area contributed by atoms with E-state index in [9.17, 15) is 0 Å². The Hall–Kier alpha value is 0.450. The van der Waals surface area contributed by atoms with Gasteiger partial charge in [-0.1, -0.05) is 0 Å². The number of likely N-dealkylation sites (N-methyl/N-ethyl adjacent to an activating group) is 1. The molecule has 5 heteroatoms. The number of hydrogen-bond donors (Lipinski definition) is 1. The van der Waals surface area contributed by atoms with Crippen molar-refractivity contribution in [3.8, 4) is 0 Å². The molecule has 0 aromatic carbocycles. The predicted octanol–water partition coefficient (Wildman–Crippen LogP) is 3.29. The first kappa shape index (κ1) is 15.5. The molecule has 17 heavy (non-hydrogen) atoms. The maximum atomic E-state index is 3.48. The van der Waals surface area contributed by atoms with Gasteiger partial charge in [-0.15, -0.1) is 11.3 Å². The second kappa shape index (κ2) is 9.39. The number of hydrogen-bond acceptors (Lipinski definition) is 4. The van der Waals surface area contributed by atoms with Gasteiger partial charge in [0, 0.05) is 34.4 Å². The molecule has 1 aromatic rings. The third-order valence-corrected chi connectivity index (χ3v) is 4.87. The van der Waals surface area contributed by atoms with Gasteiger partial charge in [0.2, 0.25) is 0 Å². The molecule has 1 N–H and O–H groups in total. The highest BCUT2D eigenvalue weighted by Crippen LogP contribution is 2.19. The first-order chi connectivity index (χ1) is 8.22. The first-order valence-corrected chi connectivity index (χ1v) is 8.90. The Kier molecular flexibility index (Phi) is 8.56. The zero-order valence-electron chi connectivity index (χ0n) is 10.5. The van der Waals surface area contributed by atoms with Crippen molar-refractivity contribution in [1.82, 2.24) is 10.2 Å². The molecule has 1 heterocycles. The number of nitrogens with zero attached hydrogens (tertiary/aromatic N) is 1. The van der Waals surface area contributed by atoms with E-state index >= 15 is 0 Å². The minimum absolute atomic E-state index is 0.981. The Morgan fingerprint density at radius 1 is 1.47 bits per heavy atom. The highest BCUT2D eigenvalue weighted by Gasteiger charge is 1.99. The molecule has 0 saturated heterocycles. The molecule has 98 valence electrons. The van der Waals surface area contributed by atoms with Gasteiger partial charge < -0.3 is 10.2 Å². The van der Waals surface area contributed by atoms with E-state index in [0.717, 1.165) is 19.6 Å². The number of thioether (sulfide) groups is 1. The maximum absolute atomic E-state index is 3.48. The van der Waals surface area contributed by atoms with Gasteiger partial charge in [-0.2, -0.15) is 11.8 Å². The van der Waals surface area contributed by atoms with E-state index in [0.29, 0.717) is 0 Å². The van der Waals surface area contributed by atoms with E-state index in [1.54, 1.807) is 11.3 Å². The quantitative estimate of drug-likeness (QED) is 0.696. The monoisotopic (exact) mass is 336 g/mol. The molecule has 0 unspecified atom stereocenters. The minimum Gasteiger partial charge on any atom is -0.311 e. The van der Waals surface area contributed by atoms with E-state index in [1.807, 2.05) is 11.8 Å². The number of halogens is 1. The van der Waals surface area contributed by atoms with E-state index < -0.39 is 0 Å². The first-order valence-electron chi connectivity index (χ1n) is 5.83. The van der Waals surface area contributed by atoms with Crippen LogP contribution in [0.2, 0.25) is 0 Å². The SMILES string of the molecule is CSCCCN(C)CCNCc1cc(Br)cs1. The normalized spacial score (nSPS) is 11.3. The van der Waals surface area contributed by atoms with Crippen LogP contribution in [0.1, 0.15) is 11.3 Å².